The van der Waals surface area contributed by atoms with Gasteiger partial charge in [-0.25, -0.2) is 9.78 Å². The van der Waals surface area contributed by atoms with Gasteiger partial charge in [-0.2, -0.15) is 0 Å². The second-order valence-electron chi connectivity index (χ2n) is 4.25. The molecule has 1 aliphatic rings. The zero-order chi connectivity index (χ0) is 12.1. The average molecular weight is 234 g/mol. The molecule has 1 fully saturated rings. The maximum Gasteiger partial charge on any atom is 0.341 e. The molecule has 1 aromatic heterocycles. The van der Waals surface area contributed by atoms with Crippen molar-refractivity contribution in [3.63, 3.8) is 0 Å². The number of carbonyl (C=O) groups excluding carboxylic acids is 1. The van der Waals surface area contributed by atoms with Crippen LogP contribution in [0.15, 0.2) is 18.3 Å². The van der Waals surface area contributed by atoms with Crippen molar-refractivity contribution < 1.29 is 9.53 Å². The monoisotopic (exact) mass is 234 g/mol. The number of rotatable bonds is 4. The molecule has 1 N–H and O–H groups in total. The molecule has 0 radical (unpaired) electrons. The van der Waals surface area contributed by atoms with Gasteiger partial charge in [0.15, 0.2) is 0 Å². The van der Waals surface area contributed by atoms with Crippen LogP contribution in [-0.2, 0) is 4.74 Å². The minimum absolute atomic E-state index is 0.305. The maximum atomic E-state index is 11.7. The first-order chi connectivity index (χ1) is 8.31. The van der Waals surface area contributed by atoms with Crippen LogP contribution in [0.1, 0.15) is 43.0 Å². The highest BCUT2D eigenvalue weighted by Gasteiger charge is 2.19. The summed E-state index contributed by atoms with van der Waals surface area (Å²) in [6, 6.07) is 3.95. The van der Waals surface area contributed by atoms with E-state index in [4.69, 9.17) is 4.74 Å². The van der Waals surface area contributed by atoms with E-state index in [0.717, 1.165) is 12.8 Å². The molecular formula is C13H18N2O2. The van der Waals surface area contributed by atoms with Crippen molar-refractivity contribution in [1.29, 1.82) is 0 Å². The number of anilines is 1. The van der Waals surface area contributed by atoms with E-state index in [0.29, 0.717) is 24.0 Å². The third kappa shape index (κ3) is 2.96. The van der Waals surface area contributed by atoms with E-state index < -0.39 is 0 Å². The molecule has 1 aromatic rings. The fraction of sp³-hybridized carbons (Fsp3) is 0.538. The summed E-state index contributed by atoms with van der Waals surface area (Å²) in [6.45, 7) is 2.19. The first-order valence-electron chi connectivity index (χ1n) is 6.20. The summed E-state index contributed by atoms with van der Waals surface area (Å²) in [6.07, 6.45) is 6.50. The SMILES string of the molecule is CCOC(=O)c1cccnc1NC1CCCC1. The summed E-state index contributed by atoms with van der Waals surface area (Å²) >= 11 is 0. The standard InChI is InChI=1S/C13H18N2O2/c1-2-17-13(16)11-8-5-9-14-12(11)15-10-6-3-4-7-10/h5,8-10H,2-4,6-7H2,1H3,(H,14,15). The van der Waals surface area contributed by atoms with E-state index >= 15 is 0 Å². The molecule has 0 unspecified atom stereocenters. The second kappa shape index (κ2) is 5.66. The van der Waals surface area contributed by atoms with Crippen LogP contribution in [0.4, 0.5) is 5.82 Å². The van der Waals surface area contributed by atoms with E-state index in [-0.39, 0.29) is 5.97 Å². The highest BCUT2D eigenvalue weighted by Crippen LogP contribution is 2.23. The number of nitrogens with one attached hydrogen (secondary N) is 1. The van der Waals surface area contributed by atoms with Gasteiger partial charge in [0, 0.05) is 12.2 Å². The lowest BCUT2D eigenvalue weighted by Gasteiger charge is -2.15. The summed E-state index contributed by atoms with van der Waals surface area (Å²) in [5.41, 5.74) is 0.529. The van der Waals surface area contributed by atoms with Crippen LogP contribution < -0.4 is 5.32 Å². The van der Waals surface area contributed by atoms with Gasteiger partial charge >= 0.3 is 5.97 Å². The number of esters is 1. The van der Waals surface area contributed by atoms with Crippen molar-refractivity contribution in [2.24, 2.45) is 0 Å². The number of hydrogen-bond acceptors (Lipinski definition) is 4. The molecule has 17 heavy (non-hydrogen) atoms. The summed E-state index contributed by atoms with van der Waals surface area (Å²) in [5.74, 6) is 0.346. The summed E-state index contributed by atoms with van der Waals surface area (Å²) in [4.78, 5) is 16.0. The van der Waals surface area contributed by atoms with Gasteiger partial charge in [0.05, 0.1) is 6.61 Å². The molecule has 1 aliphatic carbocycles. The number of carbonyl (C=O) groups is 1. The Morgan fingerprint density at radius 3 is 3.00 bits per heavy atom. The van der Waals surface area contributed by atoms with E-state index in [1.54, 1.807) is 25.3 Å². The Hall–Kier alpha value is -1.58. The number of hydrogen-bond donors (Lipinski definition) is 1. The van der Waals surface area contributed by atoms with Crippen LogP contribution in [0, 0.1) is 0 Å². The lowest BCUT2D eigenvalue weighted by Crippen LogP contribution is -2.18. The predicted molar refractivity (Wildman–Crippen MR) is 66.1 cm³/mol. The van der Waals surface area contributed by atoms with Gasteiger partial charge < -0.3 is 10.1 Å². The summed E-state index contributed by atoms with van der Waals surface area (Å²) in [5, 5.41) is 3.34. The van der Waals surface area contributed by atoms with Gasteiger partial charge in [-0.05, 0) is 31.9 Å². The first-order valence-corrected chi connectivity index (χ1v) is 6.20. The van der Waals surface area contributed by atoms with Gasteiger partial charge in [0.25, 0.3) is 0 Å². The Morgan fingerprint density at radius 1 is 1.53 bits per heavy atom. The van der Waals surface area contributed by atoms with Crippen LogP contribution in [0.2, 0.25) is 0 Å². The minimum Gasteiger partial charge on any atom is -0.462 e. The number of ether oxygens (including phenoxy) is 1. The molecule has 0 bridgehead atoms. The highest BCUT2D eigenvalue weighted by atomic mass is 16.5. The Labute approximate surface area is 101 Å². The lowest BCUT2D eigenvalue weighted by atomic mass is 10.2. The van der Waals surface area contributed by atoms with Crippen molar-refractivity contribution in [1.82, 2.24) is 4.98 Å². The highest BCUT2D eigenvalue weighted by molar-refractivity contribution is 5.94. The number of pyridine rings is 1. The molecule has 0 aliphatic heterocycles. The van der Waals surface area contributed by atoms with Gasteiger partial charge in [0.2, 0.25) is 0 Å². The third-order valence-electron chi connectivity index (χ3n) is 3.00. The van der Waals surface area contributed by atoms with E-state index in [1.807, 2.05) is 0 Å². The lowest BCUT2D eigenvalue weighted by molar-refractivity contribution is 0.0527. The normalized spacial score (nSPS) is 15.8. The van der Waals surface area contributed by atoms with Crippen LogP contribution in [0.3, 0.4) is 0 Å². The summed E-state index contributed by atoms with van der Waals surface area (Å²) in [7, 11) is 0. The Morgan fingerprint density at radius 2 is 2.29 bits per heavy atom. The fourth-order valence-electron chi connectivity index (χ4n) is 2.16. The van der Waals surface area contributed by atoms with Gasteiger partial charge in [0.1, 0.15) is 11.4 Å². The third-order valence-corrected chi connectivity index (χ3v) is 3.00. The molecule has 92 valence electrons. The second-order valence-corrected chi connectivity index (χ2v) is 4.25. The molecule has 0 amide bonds. The maximum absolute atomic E-state index is 11.7. The van der Waals surface area contributed by atoms with E-state index in [1.165, 1.54) is 12.8 Å². The minimum atomic E-state index is -0.305. The molecule has 4 heteroatoms. The molecule has 0 saturated heterocycles. The van der Waals surface area contributed by atoms with Crippen molar-refractivity contribution in [2.45, 2.75) is 38.6 Å². The topological polar surface area (TPSA) is 51.2 Å². The van der Waals surface area contributed by atoms with Crippen molar-refractivity contribution >= 4 is 11.8 Å². The van der Waals surface area contributed by atoms with Crippen LogP contribution in [0.25, 0.3) is 0 Å². The van der Waals surface area contributed by atoms with Gasteiger partial charge in [-0.15, -0.1) is 0 Å². The molecule has 0 spiro atoms. The fourth-order valence-corrected chi connectivity index (χ4v) is 2.16. The molecular weight excluding hydrogens is 216 g/mol. The van der Waals surface area contributed by atoms with Gasteiger partial charge in [-0.1, -0.05) is 12.8 Å². The molecule has 0 aromatic carbocycles. The molecule has 1 saturated carbocycles. The zero-order valence-electron chi connectivity index (χ0n) is 10.1. The molecule has 1 heterocycles. The van der Waals surface area contributed by atoms with Crippen molar-refractivity contribution in [3.05, 3.63) is 23.9 Å². The van der Waals surface area contributed by atoms with E-state index in [2.05, 4.69) is 10.3 Å². The Balaban J connectivity index is 2.12. The van der Waals surface area contributed by atoms with Gasteiger partial charge in [-0.3, -0.25) is 0 Å². The van der Waals surface area contributed by atoms with Crippen LogP contribution in [0.5, 0.6) is 0 Å². The van der Waals surface area contributed by atoms with Crippen molar-refractivity contribution in [2.75, 3.05) is 11.9 Å². The Kier molecular flexibility index (Phi) is 3.96. The average Bonchev–Trinajstić information content (AvgIpc) is 2.83. The quantitative estimate of drug-likeness (QED) is 0.814. The molecule has 2 rings (SSSR count). The van der Waals surface area contributed by atoms with E-state index in [9.17, 15) is 4.79 Å². The first kappa shape index (κ1) is 11.9. The van der Waals surface area contributed by atoms with Crippen LogP contribution in [-0.4, -0.2) is 23.6 Å². The number of nitrogens with zero attached hydrogens (tertiary/aromatic N) is 1. The Bertz CT molecular complexity index is 387. The van der Waals surface area contributed by atoms with Crippen molar-refractivity contribution in [3.8, 4) is 0 Å². The zero-order valence-corrected chi connectivity index (χ0v) is 10.1. The molecule has 4 nitrogen and oxygen atoms in total. The summed E-state index contributed by atoms with van der Waals surface area (Å²) < 4.78 is 5.01. The van der Waals surface area contributed by atoms with Crippen LogP contribution >= 0.6 is 0 Å². The predicted octanol–water partition coefficient (Wildman–Crippen LogP) is 2.61. The largest absolute Gasteiger partial charge is 0.462 e. The smallest absolute Gasteiger partial charge is 0.341 e. The number of aromatic nitrogens is 1. The molecule has 0 atom stereocenters.